The smallest absolute Gasteiger partial charge is 0.270 e. The van der Waals surface area contributed by atoms with Crippen molar-refractivity contribution in [2.45, 2.75) is 19.8 Å². The summed E-state index contributed by atoms with van der Waals surface area (Å²) in [6, 6.07) is 15.4. The van der Waals surface area contributed by atoms with Gasteiger partial charge >= 0.3 is 0 Å². The van der Waals surface area contributed by atoms with Crippen molar-refractivity contribution in [3.05, 3.63) is 59.8 Å². The number of hydrogen-bond acceptors (Lipinski definition) is 5. The lowest BCUT2D eigenvalue weighted by Crippen LogP contribution is -2.34. The van der Waals surface area contributed by atoms with Crippen LogP contribution in [0, 0.1) is 6.92 Å². The molecule has 1 N–H and O–H groups in total. The first-order valence-corrected chi connectivity index (χ1v) is 11.0. The van der Waals surface area contributed by atoms with Gasteiger partial charge in [0, 0.05) is 24.7 Å². The van der Waals surface area contributed by atoms with Crippen molar-refractivity contribution in [3.8, 4) is 28.4 Å². The molecule has 1 amide bonds. The van der Waals surface area contributed by atoms with Gasteiger partial charge in [0.1, 0.15) is 17.2 Å². The SMILES string of the molecule is COc1ccc(-c2cc(C(=O)NCCN3CCCC3)n(-c3cccc(C)c3)n2)c(OC)c1. The molecule has 1 fully saturated rings. The fraction of sp³-hybridized carbons (Fsp3) is 0.360. The van der Waals surface area contributed by atoms with Gasteiger partial charge in [-0.05, 0) is 68.8 Å². The van der Waals surface area contributed by atoms with E-state index in [1.807, 2.05) is 55.5 Å². The summed E-state index contributed by atoms with van der Waals surface area (Å²) < 4.78 is 12.6. The van der Waals surface area contributed by atoms with E-state index in [9.17, 15) is 4.79 Å². The third-order valence-electron chi connectivity index (χ3n) is 5.79. The Kier molecular flexibility index (Phi) is 6.75. The van der Waals surface area contributed by atoms with E-state index in [0.717, 1.165) is 36.4 Å². The minimum Gasteiger partial charge on any atom is -0.497 e. The summed E-state index contributed by atoms with van der Waals surface area (Å²) in [4.78, 5) is 15.5. The Morgan fingerprint density at radius 1 is 1.06 bits per heavy atom. The van der Waals surface area contributed by atoms with E-state index >= 15 is 0 Å². The predicted molar refractivity (Wildman–Crippen MR) is 125 cm³/mol. The number of carbonyl (C=O) groups is 1. The Labute approximate surface area is 188 Å². The molecule has 1 aliphatic rings. The Hall–Kier alpha value is -3.32. The van der Waals surface area contributed by atoms with Crippen LogP contribution in [0.15, 0.2) is 48.5 Å². The average Bonchev–Trinajstić information content (AvgIpc) is 3.49. The highest BCUT2D eigenvalue weighted by Gasteiger charge is 2.20. The van der Waals surface area contributed by atoms with Gasteiger partial charge in [-0.3, -0.25) is 4.79 Å². The normalized spacial score (nSPS) is 13.8. The highest BCUT2D eigenvalue weighted by atomic mass is 16.5. The zero-order valence-corrected chi connectivity index (χ0v) is 18.9. The second-order valence-corrected chi connectivity index (χ2v) is 8.04. The number of aromatic nitrogens is 2. The van der Waals surface area contributed by atoms with Crippen LogP contribution in [0.3, 0.4) is 0 Å². The molecule has 1 saturated heterocycles. The van der Waals surface area contributed by atoms with Crippen molar-refractivity contribution in [1.29, 1.82) is 0 Å². The molecule has 0 bridgehead atoms. The molecule has 4 rings (SSSR count). The first kappa shape index (κ1) is 21.9. The Morgan fingerprint density at radius 2 is 1.88 bits per heavy atom. The summed E-state index contributed by atoms with van der Waals surface area (Å²) >= 11 is 0. The topological polar surface area (TPSA) is 68.6 Å². The number of amides is 1. The molecule has 0 saturated carbocycles. The van der Waals surface area contributed by atoms with Crippen LogP contribution in [0.5, 0.6) is 11.5 Å². The number of hydrogen-bond donors (Lipinski definition) is 1. The van der Waals surface area contributed by atoms with Crippen LogP contribution in [0.2, 0.25) is 0 Å². The van der Waals surface area contributed by atoms with Gasteiger partial charge in [0.05, 0.1) is 25.6 Å². The number of carbonyl (C=O) groups excluding carboxylic acids is 1. The van der Waals surface area contributed by atoms with Gasteiger partial charge in [0.25, 0.3) is 5.91 Å². The third kappa shape index (κ3) is 4.78. The van der Waals surface area contributed by atoms with E-state index in [4.69, 9.17) is 14.6 Å². The molecular formula is C25H30N4O3. The molecule has 168 valence electrons. The summed E-state index contributed by atoms with van der Waals surface area (Å²) in [5.41, 5.74) is 3.89. The second kappa shape index (κ2) is 9.87. The number of methoxy groups -OCH3 is 2. The molecular weight excluding hydrogens is 404 g/mol. The summed E-state index contributed by atoms with van der Waals surface area (Å²) in [5.74, 6) is 1.19. The van der Waals surface area contributed by atoms with Gasteiger partial charge in [-0.2, -0.15) is 5.10 Å². The van der Waals surface area contributed by atoms with Gasteiger partial charge in [-0.1, -0.05) is 12.1 Å². The Balaban J connectivity index is 1.66. The maximum atomic E-state index is 13.2. The van der Waals surface area contributed by atoms with Crippen molar-refractivity contribution in [2.24, 2.45) is 0 Å². The van der Waals surface area contributed by atoms with E-state index in [1.165, 1.54) is 12.8 Å². The highest BCUT2D eigenvalue weighted by molar-refractivity contribution is 5.94. The standard InChI is InChI=1S/C25H30N4O3/c1-18-7-6-8-19(15-18)29-23(25(30)26-11-14-28-12-4-5-13-28)17-22(27-29)21-10-9-20(31-2)16-24(21)32-3/h6-10,15-17H,4-5,11-14H2,1-3H3,(H,26,30). The number of nitrogens with one attached hydrogen (secondary N) is 1. The van der Waals surface area contributed by atoms with Gasteiger partial charge in [0.15, 0.2) is 0 Å². The third-order valence-corrected chi connectivity index (χ3v) is 5.79. The summed E-state index contributed by atoms with van der Waals surface area (Å²) in [6.07, 6.45) is 2.47. The zero-order chi connectivity index (χ0) is 22.5. The number of rotatable bonds is 8. The van der Waals surface area contributed by atoms with Crippen LogP contribution in [-0.4, -0.2) is 61.0 Å². The van der Waals surface area contributed by atoms with Crippen molar-refractivity contribution in [1.82, 2.24) is 20.0 Å². The van der Waals surface area contributed by atoms with Crippen LogP contribution < -0.4 is 14.8 Å². The van der Waals surface area contributed by atoms with Gasteiger partial charge < -0.3 is 19.7 Å². The Morgan fingerprint density at radius 3 is 2.59 bits per heavy atom. The monoisotopic (exact) mass is 434 g/mol. The fourth-order valence-corrected chi connectivity index (χ4v) is 4.07. The molecule has 0 aliphatic carbocycles. The lowest BCUT2D eigenvalue weighted by molar-refractivity contribution is 0.0942. The largest absolute Gasteiger partial charge is 0.497 e. The van der Waals surface area contributed by atoms with Crippen LogP contribution in [0.25, 0.3) is 16.9 Å². The number of likely N-dealkylation sites (tertiary alicyclic amines) is 1. The van der Waals surface area contributed by atoms with Crippen molar-refractivity contribution in [2.75, 3.05) is 40.4 Å². The average molecular weight is 435 g/mol. The molecule has 1 aromatic heterocycles. The number of ether oxygens (including phenoxy) is 2. The Bertz CT molecular complexity index is 1090. The number of aryl methyl sites for hydroxylation is 1. The highest BCUT2D eigenvalue weighted by Crippen LogP contribution is 2.33. The maximum Gasteiger partial charge on any atom is 0.270 e. The summed E-state index contributed by atoms with van der Waals surface area (Å²) in [7, 11) is 3.23. The molecule has 32 heavy (non-hydrogen) atoms. The quantitative estimate of drug-likeness (QED) is 0.586. The minimum absolute atomic E-state index is 0.142. The molecule has 2 heterocycles. The van der Waals surface area contributed by atoms with Crippen LogP contribution >= 0.6 is 0 Å². The fourth-order valence-electron chi connectivity index (χ4n) is 4.07. The molecule has 0 spiro atoms. The van der Waals surface area contributed by atoms with Crippen LogP contribution in [0.1, 0.15) is 28.9 Å². The van der Waals surface area contributed by atoms with Crippen LogP contribution in [-0.2, 0) is 0 Å². The minimum atomic E-state index is -0.142. The number of benzene rings is 2. The molecule has 7 heteroatoms. The molecule has 7 nitrogen and oxygen atoms in total. The zero-order valence-electron chi connectivity index (χ0n) is 18.9. The van der Waals surface area contributed by atoms with E-state index in [1.54, 1.807) is 18.9 Å². The van der Waals surface area contributed by atoms with E-state index in [0.29, 0.717) is 29.4 Å². The van der Waals surface area contributed by atoms with Gasteiger partial charge in [0.2, 0.25) is 0 Å². The lowest BCUT2D eigenvalue weighted by atomic mass is 10.1. The molecule has 3 aromatic rings. The van der Waals surface area contributed by atoms with E-state index < -0.39 is 0 Å². The second-order valence-electron chi connectivity index (χ2n) is 8.04. The first-order valence-electron chi connectivity index (χ1n) is 11.0. The van der Waals surface area contributed by atoms with Gasteiger partial charge in [-0.25, -0.2) is 4.68 Å². The van der Waals surface area contributed by atoms with Crippen molar-refractivity contribution < 1.29 is 14.3 Å². The molecule has 2 aromatic carbocycles. The van der Waals surface area contributed by atoms with Crippen LogP contribution in [0.4, 0.5) is 0 Å². The lowest BCUT2D eigenvalue weighted by Gasteiger charge is -2.15. The van der Waals surface area contributed by atoms with Crippen molar-refractivity contribution in [3.63, 3.8) is 0 Å². The molecule has 0 atom stereocenters. The van der Waals surface area contributed by atoms with Gasteiger partial charge in [-0.15, -0.1) is 0 Å². The van der Waals surface area contributed by atoms with E-state index in [-0.39, 0.29) is 5.91 Å². The van der Waals surface area contributed by atoms with E-state index in [2.05, 4.69) is 10.2 Å². The maximum absolute atomic E-state index is 13.2. The molecule has 0 unspecified atom stereocenters. The first-order chi connectivity index (χ1) is 15.6. The summed E-state index contributed by atoms with van der Waals surface area (Å²) in [5, 5.41) is 7.86. The molecule has 1 aliphatic heterocycles. The predicted octanol–water partition coefficient (Wildman–Crippen LogP) is 3.69. The van der Waals surface area contributed by atoms with Crippen molar-refractivity contribution >= 4 is 5.91 Å². The summed E-state index contributed by atoms with van der Waals surface area (Å²) in [6.45, 7) is 5.72. The molecule has 0 radical (unpaired) electrons. The number of nitrogens with zero attached hydrogens (tertiary/aromatic N) is 3.